The highest BCUT2D eigenvalue weighted by molar-refractivity contribution is 7.86. The van der Waals surface area contributed by atoms with E-state index in [2.05, 4.69) is 0 Å². The summed E-state index contributed by atoms with van der Waals surface area (Å²) in [6.07, 6.45) is 0.347. The number of carboxylic acids is 1. The molecule has 0 atom stereocenters. The van der Waals surface area contributed by atoms with E-state index in [-0.39, 0.29) is 16.3 Å². The molecule has 0 aromatic heterocycles. The van der Waals surface area contributed by atoms with Crippen LogP contribution in [-0.2, 0) is 10.1 Å². The quantitative estimate of drug-likeness (QED) is 0.653. The van der Waals surface area contributed by atoms with Gasteiger partial charge in [-0.2, -0.15) is 8.42 Å². The van der Waals surface area contributed by atoms with E-state index in [9.17, 15) is 18.0 Å². The van der Waals surface area contributed by atoms with Crippen LogP contribution in [0.3, 0.4) is 0 Å². The lowest BCUT2D eigenvalue weighted by Crippen LogP contribution is -2.07. The lowest BCUT2D eigenvalue weighted by molar-refractivity contribution is 0.0694. The van der Waals surface area contributed by atoms with Crippen LogP contribution in [0.1, 0.15) is 20.7 Å². The van der Waals surface area contributed by atoms with Gasteiger partial charge < -0.3 is 5.11 Å². The largest absolute Gasteiger partial charge is 0.478 e. The van der Waals surface area contributed by atoms with E-state index < -0.39 is 26.5 Å². The number of aromatic carboxylic acids is 1. The number of hydrogen-bond donors (Lipinski definition) is 2. The molecule has 0 amide bonds. The van der Waals surface area contributed by atoms with Crippen molar-refractivity contribution < 1.29 is 27.7 Å². The first-order valence-electron chi connectivity index (χ1n) is 5.08. The molecule has 0 aliphatic rings. The fourth-order valence-corrected chi connectivity index (χ4v) is 2.60. The molecule has 0 saturated carbocycles. The van der Waals surface area contributed by atoms with Crippen LogP contribution in [0.25, 0.3) is 10.8 Å². The summed E-state index contributed by atoms with van der Waals surface area (Å²) >= 11 is 0. The van der Waals surface area contributed by atoms with Crippen molar-refractivity contribution in [3.8, 4) is 0 Å². The van der Waals surface area contributed by atoms with Crippen molar-refractivity contribution in [3.05, 3.63) is 41.5 Å². The Kier molecular flexibility index (Phi) is 3.09. The van der Waals surface area contributed by atoms with Crippen molar-refractivity contribution in [2.75, 3.05) is 0 Å². The lowest BCUT2D eigenvalue weighted by Gasteiger charge is -2.09. The topological polar surface area (TPSA) is 109 Å². The molecule has 98 valence electrons. The summed E-state index contributed by atoms with van der Waals surface area (Å²) in [6, 6.07) is 6.64. The Morgan fingerprint density at radius 3 is 2.21 bits per heavy atom. The number of benzene rings is 2. The van der Waals surface area contributed by atoms with Gasteiger partial charge in [-0.3, -0.25) is 9.35 Å². The summed E-state index contributed by atoms with van der Waals surface area (Å²) in [6.45, 7) is 0. The Morgan fingerprint density at radius 1 is 1.16 bits per heavy atom. The van der Waals surface area contributed by atoms with Crippen molar-refractivity contribution in [1.29, 1.82) is 0 Å². The average molecular weight is 280 g/mol. The predicted octanol–water partition coefficient (Wildman–Crippen LogP) is 1.60. The van der Waals surface area contributed by atoms with Crippen molar-refractivity contribution in [2.24, 2.45) is 0 Å². The molecule has 0 radical (unpaired) electrons. The van der Waals surface area contributed by atoms with Crippen LogP contribution >= 0.6 is 0 Å². The number of aldehydes is 1. The summed E-state index contributed by atoms with van der Waals surface area (Å²) in [5, 5.41) is 9.26. The van der Waals surface area contributed by atoms with Crippen LogP contribution in [-0.4, -0.2) is 30.3 Å². The van der Waals surface area contributed by atoms with Gasteiger partial charge in [0.15, 0.2) is 6.29 Å². The summed E-state index contributed by atoms with van der Waals surface area (Å²) in [5.41, 5.74) is -0.600. The van der Waals surface area contributed by atoms with Gasteiger partial charge >= 0.3 is 5.97 Å². The average Bonchev–Trinajstić information content (AvgIpc) is 2.35. The maximum atomic E-state index is 11.3. The van der Waals surface area contributed by atoms with Crippen LogP contribution < -0.4 is 0 Å². The Labute approximate surface area is 108 Å². The van der Waals surface area contributed by atoms with Crippen LogP contribution in [0.2, 0.25) is 0 Å². The minimum absolute atomic E-state index is 0.0945. The van der Waals surface area contributed by atoms with Crippen molar-refractivity contribution in [1.82, 2.24) is 0 Å². The van der Waals surface area contributed by atoms with Gasteiger partial charge in [0, 0.05) is 10.9 Å². The number of carbonyl (C=O) groups excluding carboxylic acids is 1. The molecule has 0 aliphatic carbocycles. The standard InChI is InChI=1S/C12H8O6S/c13-6-10-7-3-1-2-4-8(7)11(19(16,17)18)5-9(10)12(14)15/h1-6H,(H,14,15)(H,16,17,18). The van der Waals surface area contributed by atoms with Gasteiger partial charge in [0.2, 0.25) is 0 Å². The molecule has 19 heavy (non-hydrogen) atoms. The molecule has 2 N–H and O–H groups in total. The minimum atomic E-state index is -4.59. The number of fused-ring (bicyclic) bond motifs is 1. The van der Waals surface area contributed by atoms with Crippen molar-refractivity contribution in [2.45, 2.75) is 4.90 Å². The van der Waals surface area contributed by atoms with E-state index in [4.69, 9.17) is 9.66 Å². The first kappa shape index (κ1) is 13.2. The van der Waals surface area contributed by atoms with Gasteiger partial charge in [0.1, 0.15) is 4.90 Å². The highest BCUT2D eigenvalue weighted by Gasteiger charge is 2.21. The van der Waals surface area contributed by atoms with Gasteiger partial charge in [-0.05, 0) is 11.5 Å². The third-order valence-electron chi connectivity index (χ3n) is 2.67. The molecular formula is C12H8O6S. The van der Waals surface area contributed by atoms with E-state index in [0.29, 0.717) is 6.29 Å². The second-order valence-corrected chi connectivity index (χ2v) is 5.17. The molecule has 2 aromatic rings. The minimum Gasteiger partial charge on any atom is -0.478 e. The molecule has 2 rings (SSSR count). The fourth-order valence-electron chi connectivity index (χ4n) is 1.88. The molecule has 2 aromatic carbocycles. The maximum Gasteiger partial charge on any atom is 0.336 e. The van der Waals surface area contributed by atoms with Gasteiger partial charge in [-0.1, -0.05) is 24.3 Å². The summed E-state index contributed by atoms with van der Waals surface area (Å²) in [5.74, 6) is -1.45. The van der Waals surface area contributed by atoms with Crippen LogP contribution in [0, 0.1) is 0 Å². The first-order valence-corrected chi connectivity index (χ1v) is 6.52. The van der Waals surface area contributed by atoms with Crippen molar-refractivity contribution in [3.63, 3.8) is 0 Å². The molecule has 6 nitrogen and oxygen atoms in total. The smallest absolute Gasteiger partial charge is 0.336 e. The molecule has 7 heteroatoms. The number of hydrogen-bond acceptors (Lipinski definition) is 4. The third kappa shape index (κ3) is 2.20. The van der Waals surface area contributed by atoms with Gasteiger partial charge in [-0.25, -0.2) is 4.79 Å². The lowest BCUT2D eigenvalue weighted by atomic mass is 10.00. The van der Waals surface area contributed by atoms with Crippen LogP contribution in [0.15, 0.2) is 35.2 Å². The zero-order chi connectivity index (χ0) is 14.2. The summed E-state index contributed by atoms with van der Waals surface area (Å²) in [4.78, 5) is 21.6. The molecule has 0 saturated heterocycles. The summed E-state index contributed by atoms with van der Waals surface area (Å²) < 4.78 is 31.7. The Hall–Kier alpha value is -2.25. The second-order valence-electron chi connectivity index (χ2n) is 3.78. The van der Waals surface area contributed by atoms with Crippen LogP contribution in [0.4, 0.5) is 0 Å². The molecule has 0 aliphatic heterocycles. The zero-order valence-electron chi connectivity index (χ0n) is 9.40. The second kappa shape index (κ2) is 4.45. The van der Waals surface area contributed by atoms with Gasteiger partial charge in [0.25, 0.3) is 10.1 Å². The Morgan fingerprint density at radius 2 is 1.74 bits per heavy atom. The van der Waals surface area contributed by atoms with E-state index in [0.717, 1.165) is 6.07 Å². The molecule has 0 heterocycles. The normalized spacial score (nSPS) is 11.4. The van der Waals surface area contributed by atoms with Crippen molar-refractivity contribution >= 4 is 33.1 Å². The Balaban J connectivity index is 3.08. The van der Waals surface area contributed by atoms with E-state index >= 15 is 0 Å². The highest BCUT2D eigenvalue weighted by atomic mass is 32.2. The Bertz CT molecular complexity index is 791. The first-order chi connectivity index (χ1) is 8.86. The molecular weight excluding hydrogens is 272 g/mol. The number of carboxylic acid groups (broad SMARTS) is 1. The predicted molar refractivity (Wildman–Crippen MR) is 66.1 cm³/mol. The van der Waals surface area contributed by atoms with E-state index in [1.54, 1.807) is 0 Å². The zero-order valence-corrected chi connectivity index (χ0v) is 10.2. The maximum absolute atomic E-state index is 11.3. The van der Waals surface area contributed by atoms with Gasteiger partial charge in [0.05, 0.1) is 5.56 Å². The summed E-state index contributed by atoms with van der Waals surface area (Å²) in [7, 11) is -4.59. The van der Waals surface area contributed by atoms with E-state index in [1.165, 1.54) is 24.3 Å². The molecule has 0 unspecified atom stereocenters. The highest BCUT2D eigenvalue weighted by Crippen LogP contribution is 2.28. The molecule has 0 fully saturated rings. The number of rotatable bonds is 3. The van der Waals surface area contributed by atoms with Gasteiger partial charge in [-0.15, -0.1) is 0 Å². The number of carbonyl (C=O) groups is 2. The van der Waals surface area contributed by atoms with E-state index in [1.807, 2.05) is 0 Å². The fraction of sp³-hybridized carbons (Fsp3) is 0. The third-order valence-corrected chi connectivity index (χ3v) is 3.57. The molecule has 0 spiro atoms. The SMILES string of the molecule is O=Cc1c(C(=O)O)cc(S(=O)(=O)O)c2ccccc12. The van der Waals surface area contributed by atoms with Crippen LogP contribution in [0.5, 0.6) is 0 Å². The molecule has 0 bridgehead atoms. The monoisotopic (exact) mass is 280 g/mol.